The van der Waals surface area contributed by atoms with Crippen LogP contribution in [0, 0.1) is 0 Å². The average molecular weight is 367 g/mol. The van der Waals surface area contributed by atoms with Crippen LogP contribution in [-0.4, -0.2) is 45.5 Å². The third-order valence-electron chi connectivity index (χ3n) is 4.36. The van der Waals surface area contributed by atoms with Crippen molar-refractivity contribution in [3.05, 3.63) is 45.1 Å². The lowest BCUT2D eigenvalue weighted by Gasteiger charge is -2.36. The summed E-state index contributed by atoms with van der Waals surface area (Å²) in [4.78, 5) is 40.6. The lowest BCUT2D eigenvalue weighted by atomic mass is 10.1. The van der Waals surface area contributed by atoms with Gasteiger partial charge in [-0.1, -0.05) is 12.1 Å². The number of nitrogens with one attached hydrogen (secondary N) is 2. The number of nitrogens with zero attached hydrogens (tertiary/aromatic N) is 2. The molecular formula is C17H23ClN4O3. The molecule has 136 valence electrons. The molecule has 2 aromatic rings. The standard InChI is InChI=1S/C17H22N4O3.ClH/c1-11-9-20(10-12(2)18-11)15(22)7-8-21-14-6-4-3-5-13(14)16(23)19-17(21)24;/h3-6,11-12,18H,7-10H2,1-2H3,(H,19,23,24);1H. The number of aromatic nitrogens is 2. The molecule has 25 heavy (non-hydrogen) atoms. The van der Waals surface area contributed by atoms with E-state index >= 15 is 0 Å². The lowest BCUT2D eigenvalue weighted by Crippen LogP contribution is -2.56. The van der Waals surface area contributed by atoms with Gasteiger partial charge in [-0.05, 0) is 26.0 Å². The van der Waals surface area contributed by atoms with Crippen molar-refractivity contribution in [1.82, 2.24) is 19.8 Å². The molecule has 7 nitrogen and oxygen atoms in total. The third-order valence-corrected chi connectivity index (χ3v) is 4.36. The number of carbonyl (C=O) groups excluding carboxylic acids is 1. The van der Waals surface area contributed by atoms with E-state index in [-0.39, 0.29) is 43.4 Å². The highest BCUT2D eigenvalue weighted by Gasteiger charge is 2.24. The Labute approximate surface area is 151 Å². The van der Waals surface area contributed by atoms with E-state index in [1.54, 1.807) is 24.3 Å². The Hall–Kier alpha value is -2.12. The van der Waals surface area contributed by atoms with E-state index in [0.717, 1.165) is 0 Å². The van der Waals surface area contributed by atoms with Crippen LogP contribution in [0.25, 0.3) is 10.9 Å². The van der Waals surface area contributed by atoms with Crippen molar-refractivity contribution >= 4 is 29.2 Å². The smallest absolute Gasteiger partial charge is 0.328 e. The maximum atomic E-state index is 12.5. The van der Waals surface area contributed by atoms with E-state index in [2.05, 4.69) is 24.1 Å². The van der Waals surface area contributed by atoms with Gasteiger partial charge in [0.05, 0.1) is 10.9 Å². The number of hydrogen-bond acceptors (Lipinski definition) is 4. The number of carbonyl (C=O) groups is 1. The van der Waals surface area contributed by atoms with Crippen molar-refractivity contribution < 1.29 is 4.79 Å². The fourth-order valence-electron chi connectivity index (χ4n) is 3.36. The number of H-pyrrole nitrogens is 1. The van der Waals surface area contributed by atoms with Crippen LogP contribution in [0.3, 0.4) is 0 Å². The summed E-state index contributed by atoms with van der Waals surface area (Å²) in [6, 6.07) is 7.45. The Morgan fingerprint density at radius 1 is 1.16 bits per heavy atom. The molecule has 1 aliphatic heterocycles. The molecule has 1 aromatic carbocycles. The van der Waals surface area contributed by atoms with Crippen LogP contribution < -0.4 is 16.6 Å². The van der Waals surface area contributed by atoms with Crippen molar-refractivity contribution in [2.45, 2.75) is 38.9 Å². The topological polar surface area (TPSA) is 87.2 Å². The number of rotatable bonds is 3. The largest absolute Gasteiger partial charge is 0.340 e. The van der Waals surface area contributed by atoms with Crippen LogP contribution in [0.1, 0.15) is 20.3 Å². The number of piperazine rings is 1. The highest BCUT2D eigenvalue weighted by atomic mass is 35.5. The lowest BCUT2D eigenvalue weighted by molar-refractivity contribution is -0.133. The highest BCUT2D eigenvalue weighted by Crippen LogP contribution is 2.09. The van der Waals surface area contributed by atoms with Gasteiger partial charge in [-0.2, -0.15) is 0 Å². The first-order valence-electron chi connectivity index (χ1n) is 8.21. The molecule has 1 fully saturated rings. The molecule has 3 rings (SSSR count). The minimum atomic E-state index is -0.478. The van der Waals surface area contributed by atoms with E-state index in [4.69, 9.17) is 0 Å². The maximum Gasteiger partial charge on any atom is 0.328 e. The summed E-state index contributed by atoms with van der Waals surface area (Å²) in [5, 5.41) is 3.84. The van der Waals surface area contributed by atoms with E-state index < -0.39 is 11.2 Å². The summed E-state index contributed by atoms with van der Waals surface area (Å²) in [6.45, 7) is 5.70. The summed E-state index contributed by atoms with van der Waals surface area (Å²) >= 11 is 0. The molecule has 1 aliphatic rings. The van der Waals surface area contributed by atoms with Crippen molar-refractivity contribution in [2.75, 3.05) is 13.1 Å². The first-order chi connectivity index (χ1) is 11.5. The summed E-state index contributed by atoms with van der Waals surface area (Å²) in [6.07, 6.45) is 0.232. The molecule has 1 saturated heterocycles. The number of halogens is 1. The van der Waals surface area contributed by atoms with Gasteiger partial charge in [0.25, 0.3) is 5.56 Å². The van der Waals surface area contributed by atoms with Gasteiger partial charge in [0, 0.05) is 38.1 Å². The van der Waals surface area contributed by atoms with Crippen molar-refractivity contribution in [1.29, 1.82) is 0 Å². The minimum Gasteiger partial charge on any atom is -0.340 e. The average Bonchev–Trinajstić information content (AvgIpc) is 2.53. The molecule has 2 unspecified atom stereocenters. The molecule has 2 N–H and O–H groups in total. The van der Waals surface area contributed by atoms with Gasteiger partial charge in [0.2, 0.25) is 5.91 Å². The van der Waals surface area contributed by atoms with Crippen molar-refractivity contribution in [3.63, 3.8) is 0 Å². The van der Waals surface area contributed by atoms with Crippen molar-refractivity contribution in [2.24, 2.45) is 0 Å². The molecule has 2 heterocycles. The van der Waals surface area contributed by atoms with E-state index in [9.17, 15) is 14.4 Å². The Kier molecular flexibility index (Phi) is 6.02. The number of fused-ring (bicyclic) bond motifs is 1. The molecule has 2 atom stereocenters. The predicted octanol–water partition coefficient (Wildman–Crippen LogP) is 0.711. The van der Waals surface area contributed by atoms with Crippen LogP contribution in [0.5, 0.6) is 0 Å². The zero-order chi connectivity index (χ0) is 17.3. The molecule has 8 heteroatoms. The normalized spacial score (nSPS) is 20.3. The number of benzene rings is 1. The monoisotopic (exact) mass is 366 g/mol. The number of aryl methyl sites for hydroxylation is 1. The summed E-state index contributed by atoms with van der Waals surface area (Å²) in [7, 11) is 0. The van der Waals surface area contributed by atoms with Gasteiger partial charge < -0.3 is 10.2 Å². The molecule has 0 spiro atoms. The summed E-state index contributed by atoms with van der Waals surface area (Å²) < 4.78 is 1.46. The first kappa shape index (κ1) is 19.2. The van der Waals surface area contributed by atoms with Gasteiger partial charge in [-0.3, -0.25) is 19.1 Å². The molecule has 0 radical (unpaired) electrons. The fraction of sp³-hybridized carbons (Fsp3) is 0.471. The maximum absolute atomic E-state index is 12.5. The molecule has 1 amide bonds. The van der Waals surface area contributed by atoms with Crippen molar-refractivity contribution in [3.8, 4) is 0 Å². The summed E-state index contributed by atoms with van der Waals surface area (Å²) in [5.74, 6) is 0.0254. The Morgan fingerprint density at radius 2 is 1.80 bits per heavy atom. The molecule has 0 aliphatic carbocycles. The highest BCUT2D eigenvalue weighted by molar-refractivity contribution is 5.85. The van der Waals surface area contributed by atoms with Crippen LogP contribution in [0.15, 0.2) is 33.9 Å². The Balaban J connectivity index is 0.00000225. The Bertz CT molecular complexity index is 866. The van der Waals surface area contributed by atoms with Gasteiger partial charge in [-0.15, -0.1) is 12.4 Å². The van der Waals surface area contributed by atoms with E-state index in [1.165, 1.54) is 4.57 Å². The van der Waals surface area contributed by atoms with Crippen LogP contribution in [-0.2, 0) is 11.3 Å². The zero-order valence-electron chi connectivity index (χ0n) is 14.3. The van der Waals surface area contributed by atoms with Gasteiger partial charge in [-0.25, -0.2) is 4.79 Å². The van der Waals surface area contributed by atoms with Crippen LogP contribution in [0.4, 0.5) is 0 Å². The quantitative estimate of drug-likeness (QED) is 0.837. The second kappa shape index (κ2) is 7.84. The van der Waals surface area contributed by atoms with Crippen LogP contribution in [0.2, 0.25) is 0 Å². The second-order valence-corrected chi connectivity index (χ2v) is 6.45. The fourth-order valence-corrected chi connectivity index (χ4v) is 3.36. The second-order valence-electron chi connectivity index (χ2n) is 6.45. The SMILES string of the molecule is CC1CN(C(=O)CCn2c(=O)[nH]c(=O)c3ccccc32)CC(C)N1.Cl. The molecule has 0 saturated carbocycles. The Morgan fingerprint density at radius 3 is 2.48 bits per heavy atom. The van der Waals surface area contributed by atoms with E-state index in [1.807, 2.05) is 4.90 Å². The van der Waals surface area contributed by atoms with Gasteiger partial charge in [0.15, 0.2) is 0 Å². The first-order valence-corrected chi connectivity index (χ1v) is 8.21. The molecule has 1 aromatic heterocycles. The number of para-hydroxylation sites is 1. The number of hydrogen-bond donors (Lipinski definition) is 2. The number of amides is 1. The van der Waals surface area contributed by atoms with Crippen LogP contribution >= 0.6 is 12.4 Å². The predicted molar refractivity (Wildman–Crippen MR) is 99.3 cm³/mol. The third kappa shape index (κ3) is 4.11. The minimum absolute atomic E-state index is 0. The molecule has 0 bridgehead atoms. The van der Waals surface area contributed by atoms with Gasteiger partial charge in [0.1, 0.15) is 0 Å². The molecular weight excluding hydrogens is 344 g/mol. The number of aromatic amines is 1. The van der Waals surface area contributed by atoms with E-state index in [0.29, 0.717) is 24.0 Å². The zero-order valence-corrected chi connectivity index (χ0v) is 15.1. The summed E-state index contributed by atoms with van der Waals surface area (Å²) in [5.41, 5.74) is -0.322. The van der Waals surface area contributed by atoms with Gasteiger partial charge >= 0.3 is 5.69 Å².